The minimum atomic E-state index is -0.201. The van der Waals surface area contributed by atoms with Crippen LogP contribution in [-0.4, -0.2) is 31.9 Å². The molecule has 0 amide bonds. The van der Waals surface area contributed by atoms with E-state index in [1.54, 1.807) is 13.2 Å². The summed E-state index contributed by atoms with van der Waals surface area (Å²) in [6.07, 6.45) is 1.67. The maximum absolute atomic E-state index is 12.9. The Morgan fingerprint density at radius 3 is 2.83 bits per heavy atom. The molecule has 0 aliphatic heterocycles. The number of benzene rings is 1. The minimum Gasteiger partial charge on any atom is -0.385 e. The molecule has 0 spiro atoms. The van der Waals surface area contributed by atoms with Crippen molar-refractivity contribution in [2.45, 2.75) is 12.8 Å². The van der Waals surface area contributed by atoms with E-state index in [-0.39, 0.29) is 5.82 Å². The summed E-state index contributed by atoms with van der Waals surface area (Å²) >= 11 is 5.11. The van der Waals surface area contributed by atoms with Gasteiger partial charge < -0.3 is 15.4 Å². The molecular formula is C13H19FN2OS. The van der Waals surface area contributed by atoms with Gasteiger partial charge in [-0.1, -0.05) is 12.1 Å². The number of hydrogen-bond donors (Lipinski definition) is 2. The van der Waals surface area contributed by atoms with Gasteiger partial charge in [0, 0.05) is 26.8 Å². The highest BCUT2D eigenvalue weighted by atomic mass is 32.1. The van der Waals surface area contributed by atoms with E-state index in [0.29, 0.717) is 11.7 Å². The summed E-state index contributed by atoms with van der Waals surface area (Å²) in [5.41, 5.74) is 0.963. The summed E-state index contributed by atoms with van der Waals surface area (Å²) in [4.78, 5) is 0. The number of rotatable bonds is 7. The Morgan fingerprint density at radius 2 is 2.11 bits per heavy atom. The summed E-state index contributed by atoms with van der Waals surface area (Å²) in [5, 5.41) is 6.79. The van der Waals surface area contributed by atoms with Crippen molar-refractivity contribution in [2.75, 3.05) is 26.8 Å². The zero-order valence-electron chi connectivity index (χ0n) is 10.5. The highest BCUT2D eigenvalue weighted by molar-refractivity contribution is 7.80. The Balaban J connectivity index is 2.12. The number of ether oxygens (including phenoxy) is 1. The normalized spacial score (nSPS) is 10.1. The number of nitrogens with one attached hydrogen (secondary N) is 2. The van der Waals surface area contributed by atoms with Gasteiger partial charge in [0.25, 0.3) is 0 Å². The lowest BCUT2D eigenvalue weighted by Gasteiger charge is -2.10. The van der Waals surface area contributed by atoms with Gasteiger partial charge in [-0.2, -0.15) is 0 Å². The van der Waals surface area contributed by atoms with Crippen molar-refractivity contribution in [3.63, 3.8) is 0 Å². The third kappa shape index (κ3) is 6.51. The number of halogens is 1. The molecule has 0 unspecified atom stereocenters. The second-order valence-electron chi connectivity index (χ2n) is 3.91. The van der Waals surface area contributed by atoms with Gasteiger partial charge in [-0.15, -0.1) is 0 Å². The molecule has 0 saturated heterocycles. The van der Waals surface area contributed by atoms with E-state index in [4.69, 9.17) is 17.0 Å². The van der Waals surface area contributed by atoms with E-state index < -0.39 is 0 Å². The summed E-state index contributed by atoms with van der Waals surface area (Å²) in [5.74, 6) is -0.201. The molecule has 0 aliphatic rings. The lowest BCUT2D eigenvalue weighted by Crippen LogP contribution is -2.37. The first-order valence-corrected chi connectivity index (χ1v) is 6.38. The predicted molar refractivity (Wildman–Crippen MR) is 75.2 cm³/mol. The fraction of sp³-hybridized carbons (Fsp3) is 0.462. The van der Waals surface area contributed by atoms with E-state index in [1.807, 2.05) is 6.07 Å². The highest BCUT2D eigenvalue weighted by Crippen LogP contribution is 2.03. The van der Waals surface area contributed by atoms with Crippen LogP contribution in [0.1, 0.15) is 12.0 Å². The smallest absolute Gasteiger partial charge is 0.166 e. The Bertz CT molecular complexity index is 374. The standard InChI is InChI=1S/C13H19FN2OS/c1-17-9-3-7-15-13(18)16-8-6-11-4-2-5-12(14)10-11/h2,4-5,10H,3,6-9H2,1H3,(H2,15,16,18). The van der Waals surface area contributed by atoms with Crippen LogP contribution in [0.2, 0.25) is 0 Å². The Hall–Kier alpha value is -1.20. The molecule has 5 heteroatoms. The van der Waals surface area contributed by atoms with Gasteiger partial charge in [-0.05, 0) is 42.8 Å². The largest absolute Gasteiger partial charge is 0.385 e. The molecule has 1 rings (SSSR count). The van der Waals surface area contributed by atoms with Gasteiger partial charge in [-0.25, -0.2) is 4.39 Å². The Morgan fingerprint density at radius 1 is 1.33 bits per heavy atom. The molecule has 100 valence electrons. The fourth-order valence-electron chi connectivity index (χ4n) is 1.49. The molecule has 18 heavy (non-hydrogen) atoms. The molecule has 0 saturated carbocycles. The maximum Gasteiger partial charge on any atom is 0.166 e. The molecule has 0 bridgehead atoms. The molecule has 0 fully saturated rings. The van der Waals surface area contributed by atoms with E-state index in [1.165, 1.54) is 12.1 Å². The molecule has 0 heterocycles. The lowest BCUT2D eigenvalue weighted by atomic mass is 10.1. The number of methoxy groups -OCH3 is 1. The zero-order valence-corrected chi connectivity index (χ0v) is 11.4. The van der Waals surface area contributed by atoms with Crippen LogP contribution in [0.4, 0.5) is 4.39 Å². The van der Waals surface area contributed by atoms with Crippen molar-refractivity contribution in [3.05, 3.63) is 35.6 Å². The first-order valence-electron chi connectivity index (χ1n) is 5.97. The van der Waals surface area contributed by atoms with Crippen LogP contribution in [0.3, 0.4) is 0 Å². The van der Waals surface area contributed by atoms with Crippen LogP contribution in [0.15, 0.2) is 24.3 Å². The predicted octanol–water partition coefficient (Wildman–Crippen LogP) is 1.87. The van der Waals surface area contributed by atoms with E-state index in [0.717, 1.165) is 31.6 Å². The Kier molecular flexibility index (Phi) is 7.29. The van der Waals surface area contributed by atoms with Gasteiger partial charge in [-0.3, -0.25) is 0 Å². The van der Waals surface area contributed by atoms with Gasteiger partial charge in [0.1, 0.15) is 5.82 Å². The summed E-state index contributed by atoms with van der Waals surface area (Å²) in [6.45, 7) is 2.21. The second kappa shape index (κ2) is 8.83. The SMILES string of the molecule is COCCCNC(=S)NCCc1cccc(F)c1. The molecular weight excluding hydrogens is 251 g/mol. The first-order chi connectivity index (χ1) is 8.72. The monoisotopic (exact) mass is 270 g/mol. The zero-order chi connectivity index (χ0) is 13.2. The molecule has 0 atom stereocenters. The lowest BCUT2D eigenvalue weighted by molar-refractivity contribution is 0.195. The van der Waals surface area contributed by atoms with Crippen LogP contribution in [0.5, 0.6) is 0 Å². The van der Waals surface area contributed by atoms with E-state index in [2.05, 4.69) is 10.6 Å². The third-order valence-corrected chi connectivity index (χ3v) is 2.69. The quantitative estimate of drug-likeness (QED) is 0.585. The number of hydrogen-bond acceptors (Lipinski definition) is 2. The van der Waals surface area contributed by atoms with Crippen LogP contribution >= 0.6 is 12.2 Å². The summed E-state index contributed by atoms with van der Waals surface area (Å²) < 4.78 is 17.9. The first kappa shape index (κ1) is 14.9. The second-order valence-corrected chi connectivity index (χ2v) is 4.32. The molecule has 1 aromatic rings. The van der Waals surface area contributed by atoms with Crippen molar-refractivity contribution >= 4 is 17.3 Å². The van der Waals surface area contributed by atoms with Crippen molar-refractivity contribution in [1.82, 2.24) is 10.6 Å². The van der Waals surface area contributed by atoms with E-state index >= 15 is 0 Å². The minimum absolute atomic E-state index is 0.201. The average Bonchev–Trinajstić information content (AvgIpc) is 2.35. The van der Waals surface area contributed by atoms with Gasteiger partial charge in [0.05, 0.1) is 0 Å². The third-order valence-electron chi connectivity index (χ3n) is 2.40. The maximum atomic E-state index is 12.9. The Labute approximate surface area is 113 Å². The van der Waals surface area contributed by atoms with Crippen molar-refractivity contribution in [1.29, 1.82) is 0 Å². The van der Waals surface area contributed by atoms with Crippen LogP contribution in [-0.2, 0) is 11.2 Å². The van der Waals surface area contributed by atoms with Crippen LogP contribution < -0.4 is 10.6 Å². The van der Waals surface area contributed by atoms with E-state index in [9.17, 15) is 4.39 Å². The highest BCUT2D eigenvalue weighted by Gasteiger charge is 1.97. The average molecular weight is 270 g/mol. The fourth-order valence-corrected chi connectivity index (χ4v) is 1.70. The van der Waals surface area contributed by atoms with Crippen LogP contribution in [0.25, 0.3) is 0 Å². The van der Waals surface area contributed by atoms with Crippen molar-refractivity contribution in [3.8, 4) is 0 Å². The molecule has 0 aliphatic carbocycles. The summed E-state index contributed by atoms with van der Waals surface area (Å²) in [7, 11) is 1.68. The molecule has 3 nitrogen and oxygen atoms in total. The topological polar surface area (TPSA) is 33.3 Å². The molecule has 0 radical (unpaired) electrons. The molecule has 2 N–H and O–H groups in total. The van der Waals surface area contributed by atoms with Crippen LogP contribution in [0, 0.1) is 5.82 Å². The van der Waals surface area contributed by atoms with Gasteiger partial charge >= 0.3 is 0 Å². The van der Waals surface area contributed by atoms with Gasteiger partial charge in [0.2, 0.25) is 0 Å². The molecule has 0 aromatic heterocycles. The molecule has 1 aromatic carbocycles. The van der Waals surface area contributed by atoms with Crippen molar-refractivity contribution in [2.24, 2.45) is 0 Å². The van der Waals surface area contributed by atoms with Gasteiger partial charge in [0.15, 0.2) is 5.11 Å². The van der Waals surface area contributed by atoms with Crippen molar-refractivity contribution < 1.29 is 9.13 Å². The summed E-state index contributed by atoms with van der Waals surface area (Å²) in [6, 6.07) is 6.60. The number of thiocarbonyl (C=S) groups is 1.